The Morgan fingerprint density at radius 3 is 2.30 bits per heavy atom. The van der Waals surface area contributed by atoms with Crippen LogP contribution in [0.5, 0.6) is 0 Å². The first kappa shape index (κ1) is 32.4. The highest BCUT2D eigenvalue weighted by Gasteiger charge is 2.46. The van der Waals surface area contributed by atoms with Crippen molar-refractivity contribution in [2.24, 2.45) is 23.7 Å². The lowest BCUT2D eigenvalue weighted by Crippen LogP contribution is -2.59. The number of carbonyl (C=O) groups is 1. The predicted octanol–water partition coefficient (Wildman–Crippen LogP) is 2.32. The lowest BCUT2D eigenvalue weighted by atomic mass is 9.80. The highest BCUT2D eigenvalue weighted by molar-refractivity contribution is 5.73. The van der Waals surface area contributed by atoms with Gasteiger partial charge in [0.25, 0.3) is 0 Å². The second-order valence-electron chi connectivity index (χ2n) is 12.2. The Morgan fingerprint density at radius 2 is 1.70 bits per heavy atom. The molecule has 0 amide bonds. The van der Waals surface area contributed by atoms with Gasteiger partial charge in [-0.1, -0.05) is 27.7 Å². The first-order valence-electron chi connectivity index (χ1n) is 14.1. The van der Waals surface area contributed by atoms with E-state index in [2.05, 4.69) is 13.8 Å². The van der Waals surface area contributed by atoms with Crippen molar-refractivity contribution in [3.05, 3.63) is 0 Å². The fraction of sp³-hybridized carbons (Fsp3) is 0.964. The minimum Gasteiger partial charge on any atom is -0.459 e. The maximum Gasteiger partial charge on any atom is 0.311 e. The molecule has 0 aliphatic carbocycles. The molecule has 13 atom stereocenters. The number of cyclic esters (lactones) is 1. The van der Waals surface area contributed by atoms with E-state index < -0.39 is 66.3 Å². The summed E-state index contributed by atoms with van der Waals surface area (Å²) < 4.78 is 18.0. The molecular formula is C28H53NO8. The number of esters is 1. The van der Waals surface area contributed by atoms with Gasteiger partial charge in [0.2, 0.25) is 0 Å². The van der Waals surface area contributed by atoms with Crippen LogP contribution in [0, 0.1) is 23.7 Å². The molecule has 2 fully saturated rings. The molecule has 0 aromatic heterocycles. The van der Waals surface area contributed by atoms with E-state index in [0.717, 1.165) is 12.8 Å². The number of likely N-dealkylation sites (N-methyl/N-ethyl adjacent to an activating group) is 1. The van der Waals surface area contributed by atoms with Crippen molar-refractivity contribution in [3.63, 3.8) is 0 Å². The summed E-state index contributed by atoms with van der Waals surface area (Å²) in [7, 11) is 1.91. The Labute approximate surface area is 223 Å². The van der Waals surface area contributed by atoms with Gasteiger partial charge in [0.15, 0.2) is 6.29 Å². The molecule has 2 heterocycles. The maximum absolute atomic E-state index is 13.2. The van der Waals surface area contributed by atoms with Crippen LogP contribution in [0.3, 0.4) is 0 Å². The molecule has 218 valence electrons. The summed E-state index contributed by atoms with van der Waals surface area (Å²) >= 11 is 0. The molecule has 0 unspecified atom stereocenters. The van der Waals surface area contributed by atoms with Gasteiger partial charge in [0.1, 0.15) is 23.9 Å². The van der Waals surface area contributed by atoms with Gasteiger partial charge in [-0.2, -0.15) is 0 Å². The number of hydrogen-bond donors (Lipinski definition) is 4. The first-order chi connectivity index (χ1) is 17.1. The molecule has 0 aromatic carbocycles. The fourth-order valence-corrected chi connectivity index (χ4v) is 6.06. The largest absolute Gasteiger partial charge is 0.459 e. The van der Waals surface area contributed by atoms with E-state index in [4.69, 9.17) is 14.2 Å². The number of aliphatic hydroxyl groups is 4. The summed E-state index contributed by atoms with van der Waals surface area (Å²) in [5.41, 5.74) is -1.68. The van der Waals surface area contributed by atoms with Gasteiger partial charge in [-0.15, -0.1) is 0 Å². The first-order valence-corrected chi connectivity index (χ1v) is 14.1. The van der Waals surface area contributed by atoms with Crippen LogP contribution in [0.4, 0.5) is 0 Å². The molecule has 2 rings (SSSR count). The van der Waals surface area contributed by atoms with E-state index in [1.54, 1.807) is 13.8 Å². The van der Waals surface area contributed by atoms with Crippen molar-refractivity contribution in [1.82, 2.24) is 4.90 Å². The van der Waals surface area contributed by atoms with E-state index >= 15 is 0 Å². The topological polar surface area (TPSA) is 129 Å². The second kappa shape index (κ2) is 13.5. The average Bonchev–Trinajstić information content (AvgIpc) is 2.84. The van der Waals surface area contributed by atoms with E-state index in [1.165, 1.54) is 6.92 Å². The standard InChI is InChI=1S/C28H53NO8/c1-10-22-28(8,34)25(32)20(7)29(9)14-15(2)13-16(3)24(18(5)23(31)19(6)26(33)36-22)37-27-21(30)12-11-17(4)35-27/h15-25,27,30-32,34H,10-14H2,1-9H3/t15-,16+,17-,18+,19-,20-,21-,22-,23+,24+,25-,27+,28-/m1/s1. The Balaban J connectivity index is 2.41. The van der Waals surface area contributed by atoms with Crippen molar-refractivity contribution < 1.29 is 39.4 Å². The predicted molar refractivity (Wildman–Crippen MR) is 141 cm³/mol. The molecule has 0 bridgehead atoms. The molecule has 9 heteroatoms. The molecule has 0 radical (unpaired) electrons. The van der Waals surface area contributed by atoms with Crippen molar-refractivity contribution in [2.75, 3.05) is 13.6 Å². The number of ether oxygens (including phenoxy) is 3. The van der Waals surface area contributed by atoms with Crippen LogP contribution in [0.1, 0.15) is 81.1 Å². The van der Waals surface area contributed by atoms with Crippen LogP contribution >= 0.6 is 0 Å². The average molecular weight is 532 g/mol. The lowest BCUT2D eigenvalue weighted by molar-refractivity contribution is -0.271. The van der Waals surface area contributed by atoms with Gasteiger partial charge in [0, 0.05) is 18.5 Å². The summed E-state index contributed by atoms with van der Waals surface area (Å²) in [4.78, 5) is 15.2. The van der Waals surface area contributed by atoms with E-state index in [9.17, 15) is 25.2 Å². The fourth-order valence-electron chi connectivity index (χ4n) is 6.06. The zero-order chi connectivity index (χ0) is 28.2. The van der Waals surface area contributed by atoms with Crippen LogP contribution in [0.2, 0.25) is 0 Å². The lowest BCUT2D eigenvalue weighted by Gasteiger charge is -2.41. The van der Waals surface area contributed by atoms with Gasteiger partial charge in [-0.25, -0.2) is 0 Å². The van der Waals surface area contributed by atoms with Gasteiger partial charge < -0.3 is 39.5 Å². The number of nitrogens with zero attached hydrogens (tertiary/aromatic N) is 1. The molecular weight excluding hydrogens is 478 g/mol. The van der Waals surface area contributed by atoms with Crippen LogP contribution in [0.25, 0.3) is 0 Å². The second-order valence-corrected chi connectivity index (χ2v) is 12.2. The number of hydrogen-bond acceptors (Lipinski definition) is 9. The molecule has 4 N–H and O–H groups in total. The number of carbonyl (C=O) groups excluding carboxylic acids is 1. The quantitative estimate of drug-likeness (QED) is 0.406. The summed E-state index contributed by atoms with van der Waals surface area (Å²) in [6.45, 7) is 15.4. The molecule has 0 spiro atoms. The number of aliphatic hydroxyl groups excluding tert-OH is 3. The zero-order valence-corrected chi connectivity index (χ0v) is 24.3. The van der Waals surface area contributed by atoms with Gasteiger partial charge in [-0.05, 0) is 72.3 Å². The summed E-state index contributed by atoms with van der Waals surface area (Å²) in [5.74, 6) is -1.83. The van der Waals surface area contributed by atoms with Crippen molar-refractivity contribution in [2.45, 2.75) is 136 Å². The Hall–Kier alpha value is -0.810. The van der Waals surface area contributed by atoms with Crippen molar-refractivity contribution in [1.29, 1.82) is 0 Å². The van der Waals surface area contributed by atoms with Crippen LogP contribution < -0.4 is 0 Å². The van der Waals surface area contributed by atoms with Gasteiger partial charge in [0.05, 0.1) is 24.2 Å². The summed E-state index contributed by atoms with van der Waals surface area (Å²) in [5, 5.41) is 44.3. The minimum absolute atomic E-state index is 0.0267. The van der Waals surface area contributed by atoms with Crippen LogP contribution in [-0.4, -0.2) is 99.4 Å². The Kier molecular flexibility index (Phi) is 11.8. The highest BCUT2D eigenvalue weighted by Crippen LogP contribution is 2.34. The molecule has 2 aliphatic heterocycles. The summed E-state index contributed by atoms with van der Waals surface area (Å²) in [6.07, 6.45) is -2.91. The normalized spacial score (nSPS) is 48.1. The van der Waals surface area contributed by atoms with Gasteiger partial charge in [-0.3, -0.25) is 4.79 Å². The van der Waals surface area contributed by atoms with Crippen LogP contribution in [-0.2, 0) is 19.0 Å². The monoisotopic (exact) mass is 531 g/mol. The summed E-state index contributed by atoms with van der Waals surface area (Å²) in [6, 6.07) is -0.396. The Bertz CT molecular complexity index is 720. The third-order valence-corrected chi connectivity index (χ3v) is 8.75. The highest BCUT2D eigenvalue weighted by atomic mass is 16.7. The molecule has 37 heavy (non-hydrogen) atoms. The molecule has 9 nitrogen and oxygen atoms in total. The molecule has 0 aromatic rings. The SMILES string of the molecule is CC[C@H]1OC(=O)[C@H](C)[C@@H](O)[C@H](C)[C@@H](O[C@@H]2O[C@H](C)CC[C@H]2O)[C@@H](C)C[C@@H](C)CN(C)[C@H](C)[C@@H](O)[C@]1(C)O. The zero-order valence-electron chi connectivity index (χ0n) is 24.3. The van der Waals surface area contributed by atoms with E-state index in [-0.39, 0.29) is 17.9 Å². The van der Waals surface area contributed by atoms with Crippen LogP contribution in [0.15, 0.2) is 0 Å². The Morgan fingerprint density at radius 1 is 1.08 bits per heavy atom. The molecule has 0 saturated carbocycles. The van der Waals surface area contributed by atoms with E-state index in [0.29, 0.717) is 19.4 Å². The molecule has 2 aliphatic rings. The third kappa shape index (κ3) is 7.87. The van der Waals surface area contributed by atoms with Crippen molar-refractivity contribution in [3.8, 4) is 0 Å². The third-order valence-electron chi connectivity index (χ3n) is 8.75. The van der Waals surface area contributed by atoms with Gasteiger partial charge >= 0.3 is 5.97 Å². The van der Waals surface area contributed by atoms with Crippen molar-refractivity contribution >= 4 is 5.97 Å². The maximum atomic E-state index is 13.2. The molecule has 2 saturated heterocycles. The smallest absolute Gasteiger partial charge is 0.311 e. The minimum atomic E-state index is -1.68. The number of rotatable bonds is 3. The van der Waals surface area contributed by atoms with E-state index in [1.807, 2.05) is 32.7 Å².